The molecule has 0 bridgehead atoms. The highest BCUT2D eigenvalue weighted by atomic mass is 16.3. The van der Waals surface area contributed by atoms with Crippen molar-refractivity contribution in [2.24, 2.45) is 0 Å². The Morgan fingerprint density at radius 2 is 1.87 bits per heavy atom. The molecule has 2 aliphatic rings. The van der Waals surface area contributed by atoms with E-state index in [0.717, 1.165) is 37.7 Å². The number of aromatic nitrogens is 1. The van der Waals surface area contributed by atoms with Crippen LogP contribution in [0.5, 0.6) is 0 Å². The maximum Gasteiger partial charge on any atom is 0.254 e. The van der Waals surface area contributed by atoms with E-state index in [2.05, 4.69) is 37.3 Å². The number of anilines is 1. The lowest BCUT2D eigenvalue weighted by molar-refractivity contribution is -0.131. The van der Waals surface area contributed by atoms with Crippen LogP contribution in [0.4, 0.5) is 5.69 Å². The molecule has 1 saturated carbocycles. The Morgan fingerprint density at radius 1 is 1.18 bits per heavy atom. The summed E-state index contributed by atoms with van der Waals surface area (Å²) in [6.07, 6.45) is 9.72. The molecule has 202 valence electrons. The Labute approximate surface area is 225 Å². The fourth-order valence-electron chi connectivity index (χ4n) is 5.65. The van der Waals surface area contributed by atoms with Crippen molar-refractivity contribution in [1.82, 2.24) is 15.2 Å². The molecule has 0 spiro atoms. The van der Waals surface area contributed by atoms with Gasteiger partial charge in [-0.1, -0.05) is 58.2 Å². The van der Waals surface area contributed by atoms with Gasteiger partial charge in [0, 0.05) is 36.1 Å². The Hall–Kier alpha value is -3.44. The van der Waals surface area contributed by atoms with Gasteiger partial charge in [-0.15, -0.1) is 0 Å². The third-order valence-corrected chi connectivity index (χ3v) is 7.89. The molecule has 38 heavy (non-hydrogen) atoms. The molecular weight excluding hydrogens is 478 g/mol. The van der Waals surface area contributed by atoms with Crippen molar-refractivity contribution in [2.45, 2.75) is 95.4 Å². The second-order valence-electron chi connectivity index (χ2n) is 11.8. The molecule has 1 aromatic carbocycles. The summed E-state index contributed by atoms with van der Waals surface area (Å²) in [4.78, 5) is 35.6. The number of aliphatic hydroxyl groups is 1. The van der Waals surface area contributed by atoms with Crippen molar-refractivity contribution >= 4 is 17.5 Å². The Kier molecular flexibility index (Phi) is 8.08. The first-order valence-electron chi connectivity index (χ1n) is 13.5. The first-order valence-corrected chi connectivity index (χ1v) is 13.5. The predicted octanol–water partition coefficient (Wildman–Crippen LogP) is 4.21. The summed E-state index contributed by atoms with van der Waals surface area (Å²) in [6, 6.07) is 10.3. The van der Waals surface area contributed by atoms with Gasteiger partial charge in [0.15, 0.2) is 6.19 Å². The molecule has 1 aliphatic carbocycles. The minimum atomic E-state index is -1.30. The number of nitriles is 1. The number of rotatable bonds is 6. The van der Waals surface area contributed by atoms with E-state index >= 15 is 0 Å². The molecule has 4 rings (SSSR count). The van der Waals surface area contributed by atoms with Crippen LogP contribution in [0.2, 0.25) is 0 Å². The Balaban J connectivity index is 1.82. The quantitative estimate of drug-likeness (QED) is 0.556. The highest BCUT2D eigenvalue weighted by Gasteiger charge is 2.51. The molecule has 3 atom stereocenters. The molecule has 8 nitrogen and oxygen atoms in total. The minimum Gasteiger partial charge on any atom is -0.391 e. The van der Waals surface area contributed by atoms with Crippen molar-refractivity contribution in [1.29, 1.82) is 5.26 Å². The lowest BCUT2D eigenvalue weighted by Gasteiger charge is -2.39. The van der Waals surface area contributed by atoms with Crippen LogP contribution in [0.15, 0.2) is 48.8 Å². The molecule has 2 amide bonds. The predicted molar refractivity (Wildman–Crippen MR) is 146 cm³/mol. The zero-order chi connectivity index (χ0) is 27.5. The normalized spacial score (nSPS) is 22.9. The summed E-state index contributed by atoms with van der Waals surface area (Å²) in [6.45, 7) is 8.10. The molecule has 2 aromatic rings. The Morgan fingerprint density at radius 3 is 2.45 bits per heavy atom. The molecule has 3 unspecified atom stereocenters. The fourth-order valence-corrected chi connectivity index (χ4v) is 5.65. The maximum atomic E-state index is 14.5. The van der Waals surface area contributed by atoms with Crippen LogP contribution in [0.1, 0.15) is 83.4 Å². The summed E-state index contributed by atoms with van der Waals surface area (Å²) in [5, 5.41) is 23.5. The van der Waals surface area contributed by atoms with Gasteiger partial charge in [-0.25, -0.2) is 0 Å². The van der Waals surface area contributed by atoms with Crippen molar-refractivity contribution in [2.75, 3.05) is 11.4 Å². The molecule has 2 N–H and O–H groups in total. The SMILES string of the molecule is CC(C)(C)c1ccc(N(C(=O)C2(C)CC(O)CN2C#N)C(C(=O)NC2CCCCC2)c2cccnc2)cc1. The second-order valence-corrected chi connectivity index (χ2v) is 11.8. The lowest BCUT2D eigenvalue weighted by Crippen LogP contribution is -2.57. The van der Waals surface area contributed by atoms with Gasteiger partial charge in [0.2, 0.25) is 5.91 Å². The first-order chi connectivity index (χ1) is 18.0. The number of aliphatic hydroxyl groups excluding tert-OH is 1. The highest BCUT2D eigenvalue weighted by molar-refractivity contribution is 6.06. The van der Waals surface area contributed by atoms with E-state index in [1.54, 1.807) is 31.5 Å². The number of nitrogens with one attached hydrogen (secondary N) is 1. The van der Waals surface area contributed by atoms with Crippen LogP contribution in [0.25, 0.3) is 0 Å². The molecular formula is C30H39N5O3. The smallest absolute Gasteiger partial charge is 0.254 e. The van der Waals surface area contributed by atoms with E-state index < -0.39 is 23.6 Å². The number of amides is 2. The van der Waals surface area contributed by atoms with Crippen molar-refractivity contribution in [3.05, 3.63) is 59.9 Å². The van der Waals surface area contributed by atoms with Gasteiger partial charge in [0.25, 0.3) is 5.91 Å². The lowest BCUT2D eigenvalue weighted by atomic mass is 9.86. The van der Waals surface area contributed by atoms with Crippen molar-refractivity contribution in [3.63, 3.8) is 0 Å². The zero-order valence-corrected chi connectivity index (χ0v) is 22.9. The molecule has 1 aliphatic heterocycles. The van der Waals surface area contributed by atoms with Gasteiger partial charge < -0.3 is 10.4 Å². The summed E-state index contributed by atoms with van der Waals surface area (Å²) in [7, 11) is 0. The monoisotopic (exact) mass is 517 g/mol. The number of carbonyl (C=O) groups is 2. The summed E-state index contributed by atoms with van der Waals surface area (Å²) < 4.78 is 0. The standard InChI is InChI=1S/C30H39N5O3/c1-29(2,3)22-12-14-24(15-13-22)35(28(38)30(4)17-25(36)19-34(30)20-31)26(21-9-8-16-32-18-21)27(37)33-23-10-6-5-7-11-23/h8-9,12-16,18,23,25-26,36H,5-7,10-11,17,19H2,1-4H3,(H,33,37). The van der Waals surface area contributed by atoms with E-state index in [1.165, 1.54) is 9.80 Å². The van der Waals surface area contributed by atoms with Gasteiger partial charge in [-0.2, -0.15) is 5.26 Å². The van der Waals surface area contributed by atoms with Crippen LogP contribution in [-0.4, -0.2) is 51.0 Å². The molecule has 2 heterocycles. The molecule has 8 heteroatoms. The van der Waals surface area contributed by atoms with E-state index in [9.17, 15) is 20.0 Å². The van der Waals surface area contributed by atoms with Crippen molar-refractivity contribution in [3.8, 4) is 6.19 Å². The summed E-state index contributed by atoms with van der Waals surface area (Å²) in [5.74, 6) is -0.685. The Bertz CT molecular complexity index is 1170. The van der Waals surface area contributed by atoms with E-state index in [-0.39, 0.29) is 30.3 Å². The van der Waals surface area contributed by atoms with E-state index in [1.807, 2.05) is 24.3 Å². The summed E-state index contributed by atoms with van der Waals surface area (Å²) in [5.41, 5.74) is 0.839. The van der Waals surface area contributed by atoms with Gasteiger partial charge in [-0.3, -0.25) is 24.4 Å². The number of pyridine rings is 1. The number of hydrogen-bond acceptors (Lipinski definition) is 6. The van der Waals surface area contributed by atoms with Gasteiger partial charge in [0.05, 0.1) is 12.6 Å². The van der Waals surface area contributed by atoms with Crippen LogP contribution < -0.4 is 10.2 Å². The number of carbonyl (C=O) groups excluding carboxylic acids is 2. The average molecular weight is 518 g/mol. The number of β-amino-alcohol motifs (C(OH)–C–C–N with tert-alkyl or cyclic N) is 1. The van der Waals surface area contributed by atoms with Crippen LogP contribution >= 0.6 is 0 Å². The average Bonchev–Trinajstić information content (AvgIpc) is 3.21. The highest BCUT2D eigenvalue weighted by Crippen LogP contribution is 2.37. The molecule has 0 radical (unpaired) electrons. The van der Waals surface area contributed by atoms with Gasteiger partial charge in [-0.05, 0) is 48.9 Å². The van der Waals surface area contributed by atoms with Crippen LogP contribution in [0, 0.1) is 11.5 Å². The molecule has 1 aromatic heterocycles. The topological polar surface area (TPSA) is 110 Å². The third-order valence-electron chi connectivity index (χ3n) is 7.89. The number of likely N-dealkylation sites (tertiary alicyclic amines) is 1. The zero-order valence-electron chi connectivity index (χ0n) is 22.9. The largest absolute Gasteiger partial charge is 0.391 e. The molecule has 2 fully saturated rings. The number of nitrogens with zero attached hydrogens (tertiary/aromatic N) is 4. The fraction of sp³-hybridized carbons (Fsp3) is 0.533. The van der Waals surface area contributed by atoms with Gasteiger partial charge >= 0.3 is 0 Å². The summed E-state index contributed by atoms with van der Waals surface area (Å²) >= 11 is 0. The number of benzene rings is 1. The second kappa shape index (κ2) is 11.1. The van der Waals surface area contributed by atoms with Gasteiger partial charge in [0.1, 0.15) is 11.6 Å². The third kappa shape index (κ3) is 5.68. The minimum absolute atomic E-state index is 0.0511. The van der Waals surface area contributed by atoms with Crippen molar-refractivity contribution < 1.29 is 14.7 Å². The first kappa shape index (κ1) is 27.6. The van der Waals surface area contributed by atoms with E-state index in [4.69, 9.17) is 0 Å². The van der Waals surface area contributed by atoms with Crippen LogP contribution in [0.3, 0.4) is 0 Å². The maximum absolute atomic E-state index is 14.5. The number of hydrogen-bond donors (Lipinski definition) is 2. The van der Waals surface area contributed by atoms with Crippen LogP contribution in [-0.2, 0) is 15.0 Å². The van der Waals surface area contributed by atoms with E-state index in [0.29, 0.717) is 11.3 Å². The molecule has 1 saturated heterocycles.